The number of anilines is 1. The molecule has 26 heavy (non-hydrogen) atoms. The van der Waals surface area contributed by atoms with Gasteiger partial charge in [0.15, 0.2) is 5.58 Å². The summed E-state index contributed by atoms with van der Waals surface area (Å²) in [5.41, 5.74) is 3.20. The monoisotopic (exact) mass is 355 g/mol. The normalized spacial score (nSPS) is 15.0. The summed E-state index contributed by atoms with van der Waals surface area (Å²) < 4.78 is 10.9. The maximum atomic E-state index is 12.5. The molecule has 1 aliphatic heterocycles. The molecule has 0 bridgehead atoms. The number of piperazine rings is 1. The highest BCUT2D eigenvalue weighted by Crippen LogP contribution is 2.21. The van der Waals surface area contributed by atoms with Crippen LogP contribution < -0.4 is 4.90 Å². The van der Waals surface area contributed by atoms with Gasteiger partial charge >= 0.3 is 0 Å². The van der Waals surface area contributed by atoms with Gasteiger partial charge in [0.05, 0.1) is 5.69 Å². The second-order valence-electron chi connectivity index (χ2n) is 6.49. The van der Waals surface area contributed by atoms with Crippen molar-refractivity contribution in [2.24, 2.45) is 0 Å². The van der Waals surface area contributed by atoms with Crippen molar-refractivity contribution in [3.8, 4) is 0 Å². The van der Waals surface area contributed by atoms with Crippen LogP contribution in [0.1, 0.15) is 23.4 Å². The Labute approximate surface area is 150 Å². The molecule has 4 heterocycles. The van der Waals surface area contributed by atoms with E-state index in [9.17, 15) is 4.79 Å². The lowest BCUT2D eigenvalue weighted by Gasteiger charge is -2.33. The second kappa shape index (κ2) is 6.78. The van der Waals surface area contributed by atoms with Crippen molar-refractivity contribution in [3.63, 3.8) is 0 Å². The third kappa shape index (κ3) is 3.14. The molecule has 4 rings (SSSR count). The maximum Gasteiger partial charge on any atom is 0.300 e. The number of nitrogens with zero attached hydrogens (tertiary/aromatic N) is 5. The lowest BCUT2D eigenvalue weighted by atomic mass is 10.1. The zero-order valence-corrected chi connectivity index (χ0v) is 14.9. The van der Waals surface area contributed by atoms with Crippen molar-refractivity contribution in [3.05, 3.63) is 35.3 Å². The molecule has 0 N–H and O–H groups in total. The first-order chi connectivity index (χ1) is 12.6. The van der Waals surface area contributed by atoms with Gasteiger partial charge in [0.2, 0.25) is 11.6 Å². The lowest BCUT2D eigenvalue weighted by Crippen LogP contribution is -2.49. The van der Waals surface area contributed by atoms with Gasteiger partial charge in [0.25, 0.3) is 6.01 Å². The molecular weight excluding hydrogens is 334 g/mol. The first-order valence-corrected chi connectivity index (χ1v) is 8.78. The van der Waals surface area contributed by atoms with Gasteiger partial charge in [-0.05, 0) is 32.4 Å². The molecule has 3 aromatic rings. The number of carbonyl (C=O) groups is 1. The minimum absolute atomic E-state index is 0.156. The van der Waals surface area contributed by atoms with E-state index in [0.717, 1.165) is 17.0 Å². The number of carbonyl (C=O) groups excluding carboxylic acids is 1. The average Bonchev–Trinajstić information content (AvgIpc) is 3.23. The Balaban J connectivity index is 1.33. The number of aromatic nitrogens is 3. The molecule has 0 spiro atoms. The smallest absolute Gasteiger partial charge is 0.300 e. The van der Waals surface area contributed by atoms with Gasteiger partial charge in [-0.1, -0.05) is 5.16 Å². The first-order valence-electron chi connectivity index (χ1n) is 8.78. The maximum absolute atomic E-state index is 12.5. The molecule has 0 radical (unpaired) electrons. The molecular formula is C18H21N5O3. The molecule has 1 saturated heterocycles. The highest BCUT2D eigenvalue weighted by atomic mass is 16.5. The number of fused-ring (bicyclic) bond motifs is 1. The van der Waals surface area contributed by atoms with Gasteiger partial charge in [-0.3, -0.25) is 4.79 Å². The van der Waals surface area contributed by atoms with Crippen LogP contribution in [-0.2, 0) is 11.2 Å². The van der Waals surface area contributed by atoms with E-state index < -0.39 is 0 Å². The van der Waals surface area contributed by atoms with Crippen LogP contribution in [0.5, 0.6) is 0 Å². The van der Waals surface area contributed by atoms with Crippen LogP contribution in [0.2, 0.25) is 0 Å². The number of hydrogen-bond acceptors (Lipinski definition) is 7. The minimum Gasteiger partial charge on any atom is -0.422 e. The van der Waals surface area contributed by atoms with Crippen LogP contribution in [0, 0.1) is 13.8 Å². The predicted octanol–water partition coefficient (Wildman–Crippen LogP) is 2.11. The van der Waals surface area contributed by atoms with E-state index in [1.54, 1.807) is 6.20 Å². The largest absolute Gasteiger partial charge is 0.422 e. The van der Waals surface area contributed by atoms with Gasteiger partial charge in [0.1, 0.15) is 5.76 Å². The number of aryl methyl sites for hydroxylation is 2. The summed E-state index contributed by atoms with van der Waals surface area (Å²) in [6.45, 7) is 6.50. The first kappa shape index (κ1) is 16.6. The molecule has 0 atom stereocenters. The van der Waals surface area contributed by atoms with Crippen LogP contribution in [0.3, 0.4) is 0 Å². The summed E-state index contributed by atoms with van der Waals surface area (Å²) in [7, 11) is 0. The Hall–Kier alpha value is -2.90. The second-order valence-corrected chi connectivity index (χ2v) is 6.49. The van der Waals surface area contributed by atoms with Crippen LogP contribution in [0.25, 0.3) is 11.2 Å². The minimum atomic E-state index is 0.156. The third-order valence-electron chi connectivity index (χ3n) is 4.83. The van der Waals surface area contributed by atoms with Gasteiger partial charge in [-0.15, -0.1) is 0 Å². The summed E-state index contributed by atoms with van der Waals surface area (Å²) in [5, 5.41) is 3.94. The lowest BCUT2D eigenvalue weighted by molar-refractivity contribution is -0.131. The van der Waals surface area contributed by atoms with Crippen molar-refractivity contribution in [2.75, 3.05) is 31.1 Å². The van der Waals surface area contributed by atoms with Crippen molar-refractivity contribution < 1.29 is 13.7 Å². The van der Waals surface area contributed by atoms with Gasteiger partial charge < -0.3 is 18.7 Å². The van der Waals surface area contributed by atoms with Crippen LogP contribution in [0.4, 0.5) is 6.01 Å². The molecule has 136 valence electrons. The molecule has 0 aliphatic carbocycles. The highest BCUT2D eigenvalue weighted by Gasteiger charge is 2.24. The zero-order chi connectivity index (χ0) is 18.1. The quantitative estimate of drug-likeness (QED) is 0.708. The Morgan fingerprint density at radius 1 is 1.23 bits per heavy atom. The van der Waals surface area contributed by atoms with Gasteiger partial charge in [-0.2, -0.15) is 4.98 Å². The highest BCUT2D eigenvalue weighted by molar-refractivity contribution is 5.77. The Morgan fingerprint density at radius 3 is 2.73 bits per heavy atom. The zero-order valence-electron chi connectivity index (χ0n) is 14.9. The van der Waals surface area contributed by atoms with E-state index in [-0.39, 0.29) is 5.91 Å². The van der Waals surface area contributed by atoms with Crippen molar-refractivity contribution in [1.29, 1.82) is 0 Å². The fourth-order valence-electron chi connectivity index (χ4n) is 3.29. The molecule has 0 unspecified atom stereocenters. The molecule has 8 heteroatoms. The van der Waals surface area contributed by atoms with Crippen LogP contribution in [-0.4, -0.2) is 52.1 Å². The molecule has 3 aromatic heterocycles. The number of amides is 1. The van der Waals surface area contributed by atoms with Crippen LogP contribution >= 0.6 is 0 Å². The van der Waals surface area contributed by atoms with Crippen molar-refractivity contribution in [1.82, 2.24) is 20.0 Å². The SMILES string of the molecule is Cc1noc(C)c1CCC(=O)N1CCN(c2nc3ncccc3o2)CC1. The van der Waals surface area contributed by atoms with Gasteiger partial charge in [0, 0.05) is 44.4 Å². The number of pyridine rings is 1. The fourth-order valence-corrected chi connectivity index (χ4v) is 3.29. The fraction of sp³-hybridized carbons (Fsp3) is 0.444. The molecule has 1 amide bonds. The summed E-state index contributed by atoms with van der Waals surface area (Å²) >= 11 is 0. The Morgan fingerprint density at radius 2 is 2.04 bits per heavy atom. The summed E-state index contributed by atoms with van der Waals surface area (Å²) in [6, 6.07) is 4.25. The van der Waals surface area contributed by atoms with E-state index in [4.69, 9.17) is 8.94 Å². The molecule has 0 aromatic carbocycles. The van der Waals surface area contributed by atoms with E-state index >= 15 is 0 Å². The molecule has 1 aliphatic rings. The van der Waals surface area contributed by atoms with E-state index in [0.29, 0.717) is 56.3 Å². The topological polar surface area (TPSA) is 88.5 Å². The average molecular weight is 355 g/mol. The standard InChI is InChI=1S/C18H21N5O3/c1-12-14(13(2)26-21-12)5-6-16(24)22-8-10-23(11-9-22)18-20-17-15(25-18)4-3-7-19-17/h3-4,7H,5-6,8-11H2,1-2H3. The number of hydrogen-bond donors (Lipinski definition) is 0. The number of oxazole rings is 1. The summed E-state index contributed by atoms with van der Waals surface area (Å²) in [6.07, 6.45) is 2.83. The molecule has 0 saturated carbocycles. The van der Waals surface area contributed by atoms with Crippen molar-refractivity contribution in [2.45, 2.75) is 26.7 Å². The number of rotatable bonds is 4. The summed E-state index contributed by atoms with van der Waals surface area (Å²) in [5.74, 6) is 0.952. The van der Waals surface area contributed by atoms with Gasteiger partial charge in [-0.25, -0.2) is 4.98 Å². The Kier molecular flexibility index (Phi) is 4.32. The van der Waals surface area contributed by atoms with Crippen LogP contribution in [0.15, 0.2) is 27.3 Å². The molecule has 8 nitrogen and oxygen atoms in total. The summed E-state index contributed by atoms with van der Waals surface area (Å²) in [4.78, 5) is 25.1. The van der Waals surface area contributed by atoms with Crippen molar-refractivity contribution >= 4 is 23.2 Å². The molecule has 1 fully saturated rings. The van der Waals surface area contributed by atoms with E-state index in [1.165, 1.54) is 0 Å². The van der Waals surface area contributed by atoms with E-state index in [2.05, 4.69) is 20.0 Å². The predicted molar refractivity (Wildman–Crippen MR) is 94.9 cm³/mol. The van der Waals surface area contributed by atoms with E-state index in [1.807, 2.05) is 30.9 Å². The Bertz CT molecular complexity index is 871. The third-order valence-corrected chi connectivity index (χ3v) is 4.83.